The minimum Gasteiger partial charge on any atom is -0.298 e. The van der Waals surface area contributed by atoms with E-state index in [0.717, 1.165) is 21.8 Å². The van der Waals surface area contributed by atoms with Crippen LogP contribution in [0.15, 0.2) is 12.1 Å². The molecule has 1 unspecified atom stereocenters. The van der Waals surface area contributed by atoms with Crippen LogP contribution in [-0.2, 0) is 18.3 Å². The number of hydrogen-bond donors (Lipinski definition) is 0. The van der Waals surface area contributed by atoms with E-state index in [2.05, 4.69) is 5.10 Å². The highest BCUT2D eigenvalue weighted by Gasteiger charge is 2.28. The summed E-state index contributed by atoms with van der Waals surface area (Å²) in [5.74, 6) is -1.94. The smallest absolute Gasteiger partial charge is 0.197 e. The van der Waals surface area contributed by atoms with Crippen molar-refractivity contribution in [3.8, 4) is 6.07 Å². The number of nitriles is 1. The van der Waals surface area contributed by atoms with E-state index >= 15 is 0 Å². The van der Waals surface area contributed by atoms with E-state index in [9.17, 15) is 14.9 Å². The number of aryl methyl sites for hydroxylation is 3. The van der Waals surface area contributed by atoms with E-state index < -0.39 is 11.7 Å². The van der Waals surface area contributed by atoms with E-state index in [1.807, 2.05) is 40.0 Å². The Morgan fingerprint density at radius 3 is 2.52 bits per heavy atom. The molecule has 2 heterocycles. The van der Waals surface area contributed by atoms with Crippen LogP contribution in [0, 0.1) is 38.0 Å². The average molecular weight is 329 g/mol. The zero-order valence-corrected chi connectivity index (χ0v) is 14.5. The number of carbonyl (C=O) groups excluding carboxylic acids is 2. The Morgan fingerprint density at radius 1 is 1.35 bits per heavy atom. The lowest BCUT2D eigenvalue weighted by molar-refractivity contribution is -0.120. The fourth-order valence-corrected chi connectivity index (χ4v) is 3.40. The first-order chi connectivity index (χ1) is 10.8. The van der Waals surface area contributed by atoms with Crippen molar-refractivity contribution in [3.63, 3.8) is 0 Å². The van der Waals surface area contributed by atoms with E-state index in [4.69, 9.17) is 0 Å². The Morgan fingerprint density at radius 2 is 2.04 bits per heavy atom. The Bertz CT molecular complexity index is 795. The summed E-state index contributed by atoms with van der Waals surface area (Å²) >= 11 is 1.31. The zero-order chi connectivity index (χ0) is 17.1. The van der Waals surface area contributed by atoms with Crippen LogP contribution in [0.1, 0.15) is 37.9 Å². The predicted octanol–water partition coefficient (Wildman–Crippen LogP) is 2.93. The van der Waals surface area contributed by atoms with Crippen LogP contribution < -0.4 is 0 Å². The lowest BCUT2D eigenvalue weighted by Crippen LogP contribution is -2.22. The van der Waals surface area contributed by atoms with Gasteiger partial charge in [-0.3, -0.25) is 14.3 Å². The zero-order valence-electron chi connectivity index (χ0n) is 13.7. The van der Waals surface area contributed by atoms with Crippen LogP contribution in [0.2, 0.25) is 0 Å². The standard InChI is InChI=1S/C17H19N3O2S/c1-10-5-8-16(23-10)17(22)14(9-18)15(21)7-6-13-11(2)19-20(4)12(13)3/h5,8,14H,6-7H2,1-4H3. The van der Waals surface area contributed by atoms with E-state index in [-0.39, 0.29) is 12.2 Å². The summed E-state index contributed by atoms with van der Waals surface area (Å²) in [6.45, 7) is 5.73. The monoisotopic (exact) mass is 329 g/mol. The fourth-order valence-electron chi connectivity index (χ4n) is 2.56. The van der Waals surface area contributed by atoms with E-state index in [0.29, 0.717) is 11.3 Å². The lowest BCUT2D eigenvalue weighted by atomic mass is 9.94. The molecule has 0 aliphatic rings. The lowest BCUT2D eigenvalue weighted by Gasteiger charge is -2.06. The van der Waals surface area contributed by atoms with Crippen LogP contribution >= 0.6 is 11.3 Å². The minimum atomic E-state index is -1.22. The molecule has 0 fully saturated rings. The quantitative estimate of drug-likeness (QED) is 0.603. The molecule has 0 aromatic carbocycles. The summed E-state index contributed by atoms with van der Waals surface area (Å²) in [4.78, 5) is 26.1. The Kier molecular flexibility index (Phi) is 5.12. The van der Waals surface area contributed by atoms with Crippen LogP contribution in [0.3, 0.4) is 0 Å². The number of Topliss-reactive ketones (excluding diaryl/α,β-unsaturated/α-hetero) is 2. The van der Waals surface area contributed by atoms with Gasteiger partial charge in [-0.2, -0.15) is 10.4 Å². The van der Waals surface area contributed by atoms with Crippen molar-refractivity contribution < 1.29 is 9.59 Å². The van der Waals surface area contributed by atoms with Gasteiger partial charge in [0.25, 0.3) is 0 Å². The van der Waals surface area contributed by atoms with E-state index in [1.165, 1.54) is 11.3 Å². The molecular formula is C17H19N3O2S. The second kappa shape index (κ2) is 6.88. The van der Waals surface area contributed by atoms with Crippen LogP contribution in [0.4, 0.5) is 0 Å². The van der Waals surface area contributed by atoms with Gasteiger partial charge < -0.3 is 0 Å². The third-order valence-electron chi connectivity index (χ3n) is 3.98. The highest BCUT2D eigenvalue weighted by Crippen LogP contribution is 2.21. The molecule has 0 amide bonds. The molecule has 0 aliphatic heterocycles. The molecule has 5 nitrogen and oxygen atoms in total. The van der Waals surface area contributed by atoms with Gasteiger partial charge in [0.1, 0.15) is 0 Å². The molecule has 0 aliphatic carbocycles. The molecule has 120 valence electrons. The van der Waals surface area contributed by atoms with Crippen molar-refractivity contribution in [2.75, 3.05) is 0 Å². The maximum absolute atomic E-state index is 12.3. The molecule has 0 bridgehead atoms. The first-order valence-electron chi connectivity index (χ1n) is 7.37. The molecule has 1 atom stereocenters. The summed E-state index contributed by atoms with van der Waals surface area (Å²) in [6, 6.07) is 5.36. The molecule has 0 saturated carbocycles. The number of hydrogen-bond acceptors (Lipinski definition) is 5. The molecule has 2 aromatic heterocycles. The summed E-state index contributed by atoms with van der Waals surface area (Å²) in [5.41, 5.74) is 2.90. The molecular weight excluding hydrogens is 310 g/mol. The molecule has 2 rings (SSSR count). The van der Waals surface area contributed by atoms with Gasteiger partial charge in [-0.1, -0.05) is 0 Å². The Hall–Kier alpha value is -2.26. The largest absolute Gasteiger partial charge is 0.298 e. The van der Waals surface area contributed by atoms with Gasteiger partial charge in [0.05, 0.1) is 16.6 Å². The van der Waals surface area contributed by atoms with E-state index in [1.54, 1.807) is 10.7 Å². The van der Waals surface area contributed by atoms with Crippen LogP contribution in [-0.4, -0.2) is 21.3 Å². The number of ketones is 2. The van der Waals surface area contributed by atoms with Gasteiger partial charge in [-0.05, 0) is 44.9 Å². The van der Waals surface area contributed by atoms with Crippen molar-refractivity contribution in [1.29, 1.82) is 5.26 Å². The maximum atomic E-state index is 12.3. The summed E-state index contributed by atoms with van der Waals surface area (Å²) < 4.78 is 1.77. The highest BCUT2D eigenvalue weighted by molar-refractivity contribution is 7.14. The Labute approximate surface area is 139 Å². The number of rotatable bonds is 6. The van der Waals surface area contributed by atoms with Crippen molar-refractivity contribution in [3.05, 3.63) is 38.8 Å². The topological polar surface area (TPSA) is 75.8 Å². The van der Waals surface area contributed by atoms with Gasteiger partial charge in [0.2, 0.25) is 0 Å². The third-order valence-corrected chi connectivity index (χ3v) is 4.99. The second-order valence-electron chi connectivity index (χ2n) is 5.58. The van der Waals surface area contributed by atoms with Crippen molar-refractivity contribution >= 4 is 22.9 Å². The Balaban J connectivity index is 2.09. The molecule has 0 radical (unpaired) electrons. The minimum absolute atomic E-state index is 0.168. The summed E-state index contributed by atoms with van der Waals surface area (Å²) in [6.07, 6.45) is 0.668. The average Bonchev–Trinajstić information content (AvgIpc) is 3.03. The highest BCUT2D eigenvalue weighted by atomic mass is 32.1. The fraction of sp³-hybridized carbons (Fsp3) is 0.412. The third kappa shape index (κ3) is 3.57. The van der Waals surface area contributed by atoms with Crippen molar-refractivity contribution in [1.82, 2.24) is 9.78 Å². The number of carbonyl (C=O) groups is 2. The summed E-state index contributed by atoms with van der Waals surface area (Å²) in [5, 5.41) is 13.6. The predicted molar refractivity (Wildman–Crippen MR) is 88.5 cm³/mol. The first kappa shape index (κ1) is 17.1. The van der Waals surface area contributed by atoms with Gasteiger partial charge >= 0.3 is 0 Å². The molecule has 23 heavy (non-hydrogen) atoms. The molecule has 2 aromatic rings. The molecule has 0 saturated heterocycles. The van der Waals surface area contributed by atoms with Crippen molar-refractivity contribution in [2.45, 2.75) is 33.6 Å². The van der Waals surface area contributed by atoms with Crippen LogP contribution in [0.5, 0.6) is 0 Å². The normalized spacial score (nSPS) is 12.0. The van der Waals surface area contributed by atoms with Crippen LogP contribution in [0.25, 0.3) is 0 Å². The van der Waals surface area contributed by atoms with Crippen molar-refractivity contribution in [2.24, 2.45) is 13.0 Å². The number of thiophene rings is 1. The first-order valence-corrected chi connectivity index (χ1v) is 8.18. The number of aromatic nitrogens is 2. The van der Waals surface area contributed by atoms with Gasteiger partial charge in [0.15, 0.2) is 17.5 Å². The number of nitrogens with zero attached hydrogens (tertiary/aromatic N) is 3. The maximum Gasteiger partial charge on any atom is 0.197 e. The molecule has 0 N–H and O–H groups in total. The molecule has 0 spiro atoms. The van der Waals surface area contributed by atoms with Gasteiger partial charge in [-0.25, -0.2) is 0 Å². The second-order valence-corrected chi connectivity index (χ2v) is 6.86. The van der Waals surface area contributed by atoms with Gasteiger partial charge in [0, 0.05) is 24.0 Å². The van der Waals surface area contributed by atoms with Gasteiger partial charge in [-0.15, -0.1) is 11.3 Å². The summed E-state index contributed by atoms with van der Waals surface area (Å²) in [7, 11) is 1.86. The SMILES string of the molecule is Cc1ccc(C(=O)C(C#N)C(=O)CCc2c(C)nn(C)c2C)s1. The molecule has 6 heteroatoms.